The standard InChI is InChI=1S/C17H19F3N2O5/c1-26-15(24)8-12-6-7-13(14(9-23)27-12)22-16(25)21-11-4-2-10(3-5-11)17(18,19)20/h2-7,12-14,23H,8-9H2,1H3,(H2,21,22,25)/t12-,13+,14+/m0/s1. The molecule has 1 aromatic carbocycles. The summed E-state index contributed by atoms with van der Waals surface area (Å²) in [5, 5.41) is 14.4. The molecule has 0 bridgehead atoms. The van der Waals surface area contributed by atoms with Crippen LogP contribution in [0.15, 0.2) is 36.4 Å². The quantitative estimate of drug-likeness (QED) is 0.530. The first-order valence-electron chi connectivity index (χ1n) is 7.99. The predicted molar refractivity (Wildman–Crippen MR) is 88.9 cm³/mol. The summed E-state index contributed by atoms with van der Waals surface area (Å²) in [4.78, 5) is 23.3. The smallest absolute Gasteiger partial charge is 0.416 e. The number of rotatable bonds is 5. The Balaban J connectivity index is 1.94. The number of anilines is 1. The van der Waals surface area contributed by atoms with Crippen LogP contribution in [-0.4, -0.2) is 49.1 Å². The second kappa shape index (κ2) is 8.87. The van der Waals surface area contributed by atoms with E-state index in [4.69, 9.17) is 4.74 Å². The molecule has 0 saturated carbocycles. The number of aliphatic hydroxyl groups is 1. The zero-order valence-electron chi connectivity index (χ0n) is 14.3. The van der Waals surface area contributed by atoms with E-state index in [0.29, 0.717) is 0 Å². The second-order valence-corrected chi connectivity index (χ2v) is 5.76. The van der Waals surface area contributed by atoms with Crippen molar-refractivity contribution in [1.29, 1.82) is 0 Å². The molecule has 3 N–H and O–H groups in total. The van der Waals surface area contributed by atoms with Gasteiger partial charge >= 0.3 is 18.2 Å². The van der Waals surface area contributed by atoms with E-state index in [0.717, 1.165) is 24.3 Å². The lowest BCUT2D eigenvalue weighted by molar-refractivity contribution is -0.145. The maximum absolute atomic E-state index is 12.5. The summed E-state index contributed by atoms with van der Waals surface area (Å²) in [6.45, 7) is -0.409. The molecule has 0 fully saturated rings. The highest BCUT2D eigenvalue weighted by atomic mass is 19.4. The molecule has 2 amide bonds. The molecule has 27 heavy (non-hydrogen) atoms. The molecular weight excluding hydrogens is 369 g/mol. The Hall–Kier alpha value is -2.59. The van der Waals surface area contributed by atoms with Gasteiger partial charge in [-0.25, -0.2) is 4.79 Å². The predicted octanol–water partition coefficient (Wildman–Crippen LogP) is 2.07. The number of benzene rings is 1. The number of carbonyl (C=O) groups is 2. The Morgan fingerprint density at radius 3 is 2.44 bits per heavy atom. The molecule has 0 aromatic heterocycles. The number of urea groups is 1. The van der Waals surface area contributed by atoms with Gasteiger partial charge in [0.25, 0.3) is 0 Å². The maximum Gasteiger partial charge on any atom is 0.416 e. The minimum Gasteiger partial charge on any atom is -0.469 e. The Kier molecular flexibility index (Phi) is 6.81. The number of amides is 2. The Morgan fingerprint density at radius 2 is 1.89 bits per heavy atom. The van der Waals surface area contributed by atoms with Crippen molar-refractivity contribution in [2.45, 2.75) is 30.8 Å². The lowest BCUT2D eigenvalue weighted by Crippen LogP contribution is -2.49. The third-order valence-electron chi connectivity index (χ3n) is 3.83. The second-order valence-electron chi connectivity index (χ2n) is 5.76. The van der Waals surface area contributed by atoms with Crippen LogP contribution in [0.2, 0.25) is 0 Å². The van der Waals surface area contributed by atoms with Crippen LogP contribution in [0.4, 0.5) is 23.7 Å². The minimum absolute atomic E-state index is 0.0338. The van der Waals surface area contributed by atoms with Crippen LogP contribution in [0.5, 0.6) is 0 Å². The Morgan fingerprint density at radius 1 is 1.22 bits per heavy atom. The van der Waals surface area contributed by atoms with Gasteiger partial charge in [0.05, 0.1) is 37.8 Å². The first-order chi connectivity index (χ1) is 12.7. The van der Waals surface area contributed by atoms with Crippen LogP contribution in [0.3, 0.4) is 0 Å². The van der Waals surface area contributed by atoms with Crippen molar-refractivity contribution in [1.82, 2.24) is 5.32 Å². The number of halogens is 3. The number of carbonyl (C=O) groups excluding carboxylic acids is 2. The molecule has 0 saturated heterocycles. The van der Waals surface area contributed by atoms with Gasteiger partial charge in [-0.2, -0.15) is 13.2 Å². The third-order valence-corrected chi connectivity index (χ3v) is 3.83. The normalized spacial score (nSPS) is 22.2. The fourth-order valence-electron chi connectivity index (χ4n) is 2.44. The summed E-state index contributed by atoms with van der Waals surface area (Å²) in [5.41, 5.74) is -0.653. The average Bonchev–Trinajstić information content (AvgIpc) is 2.62. The summed E-state index contributed by atoms with van der Waals surface area (Å²) in [6.07, 6.45) is -2.74. The van der Waals surface area contributed by atoms with Gasteiger partial charge in [0, 0.05) is 5.69 Å². The fraction of sp³-hybridized carbons (Fsp3) is 0.412. The maximum atomic E-state index is 12.5. The van der Waals surface area contributed by atoms with Crippen LogP contribution in [-0.2, 0) is 20.4 Å². The highest BCUT2D eigenvalue weighted by Gasteiger charge is 2.31. The largest absolute Gasteiger partial charge is 0.469 e. The van der Waals surface area contributed by atoms with Gasteiger partial charge in [0.15, 0.2) is 0 Å². The molecule has 0 radical (unpaired) electrons. The molecule has 0 unspecified atom stereocenters. The number of alkyl halides is 3. The summed E-state index contributed by atoms with van der Waals surface area (Å²) in [6, 6.07) is 2.61. The number of nitrogens with one attached hydrogen (secondary N) is 2. The highest BCUT2D eigenvalue weighted by Crippen LogP contribution is 2.29. The molecule has 10 heteroatoms. The zero-order chi connectivity index (χ0) is 20.0. The lowest BCUT2D eigenvalue weighted by Gasteiger charge is -2.31. The van der Waals surface area contributed by atoms with Gasteiger partial charge < -0.3 is 25.2 Å². The molecule has 1 aliphatic rings. The van der Waals surface area contributed by atoms with Crippen molar-refractivity contribution in [3.05, 3.63) is 42.0 Å². The van der Waals surface area contributed by atoms with E-state index < -0.39 is 48.6 Å². The number of methoxy groups -OCH3 is 1. The lowest BCUT2D eigenvalue weighted by atomic mass is 10.1. The van der Waals surface area contributed by atoms with Gasteiger partial charge in [0.2, 0.25) is 0 Å². The molecule has 1 aliphatic heterocycles. The number of aliphatic hydroxyl groups excluding tert-OH is 1. The third kappa shape index (κ3) is 5.97. The topological polar surface area (TPSA) is 96.9 Å². The van der Waals surface area contributed by atoms with E-state index in [-0.39, 0.29) is 12.1 Å². The first kappa shape index (κ1) is 20.7. The SMILES string of the molecule is COC(=O)C[C@@H]1C=C[C@@H](NC(=O)Nc2ccc(C(F)(F)F)cc2)[C@@H](CO)O1. The van der Waals surface area contributed by atoms with Crippen molar-refractivity contribution in [2.75, 3.05) is 19.0 Å². The highest BCUT2D eigenvalue weighted by molar-refractivity contribution is 5.89. The fourth-order valence-corrected chi connectivity index (χ4v) is 2.44. The Labute approximate surface area is 153 Å². The number of ether oxygens (including phenoxy) is 2. The van der Waals surface area contributed by atoms with Crippen LogP contribution in [0.25, 0.3) is 0 Å². The summed E-state index contributed by atoms with van der Waals surface area (Å²) in [7, 11) is 1.24. The molecule has 1 aromatic rings. The molecular formula is C17H19F3N2O5. The molecule has 1 heterocycles. The van der Waals surface area contributed by atoms with E-state index in [1.54, 1.807) is 12.2 Å². The zero-order valence-corrected chi connectivity index (χ0v) is 14.3. The van der Waals surface area contributed by atoms with Crippen LogP contribution in [0.1, 0.15) is 12.0 Å². The molecule has 7 nitrogen and oxygen atoms in total. The molecule has 0 spiro atoms. The van der Waals surface area contributed by atoms with Gasteiger partial charge in [0.1, 0.15) is 6.10 Å². The summed E-state index contributed by atoms with van der Waals surface area (Å²) < 4.78 is 47.7. The van der Waals surface area contributed by atoms with Gasteiger partial charge in [-0.1, -0.05) is 12.2 Å². The first-order valence-corrected chi connectivity index (χ1v) is 7.99. The van der Waals surface area contributed by atoms with E-state index in [1.165, 1.54) is 7.11 Å². The van der Waals surface area contributed by atoms with Crippen molar-refractivity contribution >= 4 is 17.7 Å². The van der Waals surface area contributed by atoms with Crippen LogP contribution < -0.4 is 10.6 Å². The van der Waals surface area contributed by atoms with E-state index in [1.807, 2.05) is 0 Å². The minimum atomic E-state index is -4.46. The van der Waals surface area contributed by atoms with Gasteiger partial charge in [-0.15, -0.1) is 0 Å². The van der Waals surface area contributed by atoms with Gasteiger partial charge in [-0.3, -0.25) is 4.79 Å². The molecule has 2 rings (SSSR count). The van der Waals surface area contributed by atoms with Gasteiger partial charge in [-0.05, 0) is 24.3 Å². The van der Waals surface area contributed by atoms with Crippen LogP contribution in [0, 0.1) is 0 Å². The molecule has 0 aliphatic carbocycles. The van der Waals surface area contributed by atoms with E-state index >= 15 is 0 Å². The number of hydrogen-bond donors (Lipinski definition) is 3. The number of esters is 1. The average molecular weight is 388 g/mol. The Bertz CT molecular complexity index is 691. The molecule has 148 valence electrons. The van der Waals surface area contributed by atoms with E-state index in [9.17, 15) is 27.9 Å². The summed E-state index contributed by atoms with van der Waals surface area (Å²) in [5.74, 6) is -0.479. The van der Waals surface area contributed by atoms with Crippen molar-refractivity contribution in [3.8, 4) is 0 Å². The monoisotopic (exact) mass is 388 g/mol. The number of hydrogen-bond acceptors (Lipinski definition) is 5. The van der Waals surface area contributed by atoms with E-state index in [2.05, 4.69) is 15.4 Å². The molecule has 3 atom stereocenters. The van der Waals surface area contributed by atoms with Crippen molar-refractivity contribution < 1.29 is 37.3 Å². The van der Waals surface area contributed by atoms with Crippen molar-refractivity contribution in [3.63, 3.8) is 0 Å². The van der Waals surface area contributed by atoms with Crippen molar-refractivity contribution in [2.24, 2.45) is 0 Å². The van der Waals surface area contributed by atoms with Crippen LogP contribution >= 0.6 is 0 Å². The summed E-state index contributed by atoms with van der Waals surface area (Å²) >= 11 is 0.